The number of carbonyl (C=O) groups excluding carboxylic acids is 2. The van der Waals surface area contributed by atoms with Crippen LogP contribution in [0.3, 0.4) is 0 Å². The highest BCUT2D eigenvalue weighted by Crippen LogP contribution is 2.28. The van der Waals surface area contributed by atoms with Crippen LogP contribution in [0.2, 0.25) is 0 Å². The Morgan fingerprint density at radius 2 is 1.92 bits per heavy atom. The first kappa shape index (κ1) is 18.3. The van der Waals surface area contributed by atoms with Gasteiger partial charge in [0.2, 0.25) is 0 Å². The van der Waals surface area contributed by atoms with Crippen LogP contribution in [0.15, 0.2) is 53.9 Å². The molecule has 134 valence electrons. The number of thiophene rings is 2. The summed E-state index contributed by atoms with van der Waals surface area (Å²) in [4.78, 5) is 26.5. The maximum absolute atomic E-state index is 13.0. The van der Waals surface area contributed by atoms with Crippen LogP contribution in [0.25, 0.3) is 10.4 Å². The van der Waals surface area contributed by atoms with E-state index in [0.29, 0.717) is 11.4 Å². The summed E-state index contributed by atoms with van der Waals surface area (Å²) < 4.78 is 18.2. The zero-order valence-electron chi connectivity index (χ0n) is 13.9. The highest BCUT2D eigenvalue weighted by atomic mass is 32.1. The third-order valence-electron chi connectivity index (χ3n) is 3.61. The van der Waals surface area contributed by atoms with Gasteiger partial charge in [0.15, 0.2) is 6.10 Å². The predicted octanol–water partition coefficient (Wildman–Crippen LogP) is 4.48. The van der Waals surface area contributed by atoms with Crippen LogP contribution < -0.4 is 5.32 Å². The zero-order valence-corrected chi connectivity index (χ0v) is 15.5. The van der Waals surface area contributed by atoms with Crippen LogP contribution in [0.1, 0.15) is 21.5 Å². The van der Waals surface area contributed by atoms with Crippen LogP contribution in [-0.4, -0.2) is 18.0 Å². The number of carbonyl (C=O) groups is 2. The number of rotatable bonds is 6. The number of esters is 1. The first-order valence-corrected chi connectivity index (χ1v) is 9.59. The van der Waals surface area contributed by atoms with Crippen molar-refractivity contribution in [1.82, 2.24) is 5.32 Å². The van der Waals surface area contributed by atoms with Gasteiger partial charge < -0.3 is 10.1 Å². The molecule has 2 heterocycles. The minimum atomic E-state index is -0.890. The molecule has 0 aliphatic carbocycles. The minimum absolute atomic E-state index is 0.313. The van der Waals surface area contributed by atoms with Gasteiger partial charge in [0, 0.05) is 9.75 Å². The monoisotopic (exact) mass is 389 g/mol. The van der Waals surface area contributed by atoms with Gasteiger partial charge in [-0.15, -0.1) is 22.7 Å². The van der Waals surface area contributed by atoms with Gasteiger partial charge in [-0.25, -0.2) is 9.18 Å². The molecular formula is C19H16FNO3S2. The molecule has 0 radical (unpaired) electrons. The summed E-state index contributed by atoms with van der Waals surface area (Å²) in [6.45, 7) is 1.95. The lowest BCUT2D eigenvalue weighted by Gasteiger charge is -2.12. The van der Waals surface area contributed by atoms with Crippen molar-refractivity contribution in [2.24, 2.45) is 0 Å². The molecule has 26 heavy (non-hydrogen) atoms. The lowest BCUT2D eigenvalue weighted by Crippen LogP contribution is -2.35. The van der Waals surface area contributed by atoms with E-state index in [1.807, 2.05) is 17.5 Å². The number of halogens is 1. The van der Waals surface area contributed by atoms with Crippen molar-refractivity contribution in [2.45, 2.75) is 19.6 Å². The van der Waals surface area contributed by atoms with Crippen LogP contribution in [0.4, 0.5) is 4.39 Å². The summed E-state index contributed by atoms with van der Waals surface area (Å²) in [5.41, 5.74) is 0.817. The topological polar surface area (TPSA) is 55.4 Å². The fraction of sp³-hybridized carbons (Fsp3) is 0.158. The summed E-state index contributed by atoms with van der Waals surface area (Å²) in [5, 5.41) is 4.67. The average Bonchev–Trinajstić information content (AvgIpc) is 3.32. The molecule has 7 heteroatoms. The molecule has 1 aromatic carbocycles. The third kappa shape index (κ3) is 4.56. The molecule has 0 bridgehead atoms. The molecule has 1 amide bonds. The Hall–Kier alpha value is -2.51. The third-order valence-corrected chi connectivity index (χ3v) is 5.60. The van der Waals surface area contributed by atoms with E-state index in [2.05, 4.69) is 5.32 Å². The van der Waals surface area contributed by atoms with Gasteiger partial charge in [-0.05, 0) is 48.2 Å². The fourth-order valence-electron chi connectivity index (χ4n) is 2.22. The number of hydrogen-bond donors (Lipinski definition) is 1. The molecule has 0 saturated carbocycles. The predicted molar refractivity (Wildman–Crippen MR) is 101 cm³/mol. The van der Waals surface area contributed by atoms with Crippen molar-refractivity contribution in [2.75, 3.05) is 0 Å². The maximum Gasteiger partial charge on any atom is 0.349 e. The molecule has 0 aliphatic rings. The Kier molecular flexibility index (Phi) is 5.80. The molecule has 0 spiro atoms. The Labute approximate surface area is 158 Å². The zero-order chi connectivity index (χ0) is 18.5. The summed E-state index contributed by atoms with van der Waals surface area (Å²) in [6, 6.07) is 13.3. The SMILES string of the molecule is C[C@@H](OC(=O)c1ccc(-c2ccc(F)cc2)s1)C(=O)NCc1cccs1. The van der Waals surface area contributed by atoms with Gasteiger partial charge in [0.1, 0.15) is 10.7 Å². The van der Waals surface area contributed by atoms with E-state index >= 15 is 0 Å². The van der Waals surface area contributed by atoms with E-state index in [1.54, 1.807) is 35.6 Å². The Morgan fingerprint density at radius 3 is 2.62 bits per heavy atom. The number of hydrogen-bond acceptors (Lipinski definition) is 5. The molecular weight excluding hydrogens is 373 g/mol. The summed E-state index contributed by atoms with van der Waals surface area (Å²) >= 11 is 2.78. The van der Waals surface area contributed by atoms with Gasteiger partial charge >= 0.3 is 5.97 Å². The van der Waals surface area contributed by atoms with Crippen molar-refractivity contribution >= 4 is 34.6 Å². The first-order valence-electron chi connectivity index (χ1n) is 7.90. The second-order valence-electron chi connectivity index (χ2n) is 5.52. The molecule has 1 N–H and O–H groups in total. The van der Waals surface area contributed by atoms with Crippen molar-refractivity contribution < 1.29 is 18.7 Å². The van der Waals surface area contributed by atoms with E-state index in [0.717, 1.165) is 15.3 Å². The number of nitrogens with one attached hydrogen (secondary N) is 1. The summed E-state index contributed by atoms with van der Waals surface area (Å²) in [6.07, 6.45) is -0.890. The number of amides is 1. The summed E-state index contributed by atoms with van der Waals surface area (Å²) in [7, 11) is 0. The molecule has 0 aliphatic heterocycles. The van der Waals surface area contributed by atoms with Crippen molar-refractivity contribution in [3.05, 3.63) is 69.5 Å². The molecule has 4 nitrogen and oxygen atoms in total. The van der Waals surface area contributed by atoms with Crippen molar-refractivity contribution in [1.29, 1.82) is 0 Å². The van der Waals surface area contributed by atoms with Crippen LogP contribution >= 0.6 is 22.7 Å². The molecule has 0 fully saturated rings. The summed E-state index contributed by atoms with van der Waals surface area (Å²) in [5.74, 6) is -1.21. The lowest BCUT2D eigenvalue weighted by atomic mass is 10.2. The molecule has 0 saturated heterocycles. The molecule has 1 atom stereocenters. The molecule has 3 aromatic rings. The molecule has 0 unspecified atom stereocenters. The van der Waals surface area contributed by atoms with E-state index in [4.69, 9.17) is 4.74 Å². The highest BCUT2D eigenvalue weighted by Gasteiger charge is 2.20. The normalized spacial score (nSPS) is 11.8. The van der Waals surface area contributed by atoms with E-state index in [1.165, 1.54) is 30.4 Å². The number of ether oxygens (including phenoxy) is 1. The van der Waals surface area contributed by atoms with Crippen molar-refractivity contribution in [3.63, 3.8) is 0 Å². The van der Waals surface area contributed by atoms with E-state index < -0.39 is 12.1 Å². The lowest BCUT2D eigenvalue weighted by molar-refractivity contribution is -0.129. The van der Waals surface area contributed by atoms with Crippen LogP contribution in [0, 0.1) is 5.82 Å². The molecule has 3 rings (SSSR count). The van der Waals surface area contributed by atoms with Gasteiger partial charge in [0.25, 0.3) is 5.91 Å². The standard InChI is InChI=1S/C19H16FNO3S2/c1-12(18(22)21-11-15-3-2-10-25-15)24-19(23)17-9-8-16(26-17)13-4-6-14(20)7-5-13/h2-10,12H,11H2,1H3,(H,21,22)/t12-/m1/s1. The minimum Gasteiger partial charge on any atom is -0.448 e. The number of benzene rings is 1. The Balaban J connectivity index is 1.57. The van der Waals surface area contributed by atoms with Gasteiger partial charge in [-0.1, -0.05) is 18.2 Å². The largest absolute Gasteiger partial charge is 0.448 e. The first-order chi connectivity index (χ1) is 12.5. The second-order valence-corrected chi connectivity index (χ2v) is 7.63. The molecule has 2 aromatic heterocycles. The maximum atomic E-state index is 13.0. The Morgan fingerprint density at radius 1 is 1.15 bits per heavy atom. The van der Waals surface area contributed by atoms with E-state index in [-0.39, 0.29) is 11.7 Å². The average molecular weight is 389 g/mol. The smallest absolute Gasteiger partial charge is 0.349 e. The van der Waals surface area contributed by atoms with Crippen LogP contribution in [0.5, 0.6) is 0 Å². The van der Waals surface area contributed by atoms with Crippen LogP contribution in [-0.2, 0) is 16.1 Å². The van der Waals surface area contributed by atoms with E-state index in [9.17, 15) is 14.0 Å². The van der Waals surface area contributed by atoms with Gasteiger partial charge in [-0.3, -0.25) is 4.79 Å². The quantitative estimate of drug-likeness (QED) is 0.633. The Bertz CT molecular complexity index is 888. The fourth-order valence-corrected chi connectivity index (χ4v) is 3.76. The van der Waals surface area contributed by atoms with Gasteiger partial charge in [0.05, 0.1) is 6.54 Å². The second kappa shape index (κ2) is 8.25. The van der Waals surface area contributed by atoms with Crippen molar-refractivity contribution in [3.8, 4) is 10.4 Å². The van der Waals surface area contributed by atoms with Gasteiger partial charge in [-0.2, -0.15) is 0 Å². The highest BCUT2D eigenvalue weighted by molar-refractivity contribution is 7.17.